The number of rotatable bonds is 6. The quantitative estimate of drug-likeness (QED) is 0.312. The molecule has 0 aliphatic rings. The Kier molecular flexibility index (Phi) is 6.56. The normalized spacial score (nSPS) is 10.1. The SMILES string of the molecule is NC(=O)N(C(=S)Nc1ccc(Oc2ccc([N+](=O)[O-])cc2)cc1)c1cccc([N+](=O)[O-])c1. The number of anilines is 2. The lowest BCUT2D eigenvalue weighted by Gasteiger charge is -2.22. The topological polar surface area (TPSA) is 154 Å². The van der Waals surface area contributed by atoms with Crippen LogP contribution >= 0.6 is 12.2 Å². The molecule has 0 heterocycles. The molecule has 0 saturated heterocycles. The summed E-state index contributed by atoms with van der Waals surface area (Å²) in [5.41, 5.74) is 5.79. The molecule has 162 valence electrons. The summed E-state index contributed by atoms with van der Waals surface area (Å²) < 4.78 is 5.63. The summed E-state index contributed by atoms with van der Waals surface area (Å²) in [5.74, 6) is 0.873. The van der Waals surface area contributed by atoms with Gasteiger partial charge in [-0.15, -0.1) is 0 Å². The van der Waals surface area contributed by atoms with Crippen molar-refractivity contribution in [3.8, 4) is 11.5 Å². The van der Waals surface area contributed by atoms with Crippen LogP contribution in [-0.4, -0.2) is 21.0 Å². The average Bonchev–Trinajstić information content (AvgIpc) is 2.75. The van der Waals surface area contributed by atoms with Crippen LogP contribution in [0.5, 0.6) is 11.5 Å². The van der Waals surface area contributed by atoms with Gasteiger partial charge >= 0.3 is 6.03 Å². The first kappa shape index (κ1) is 22.1. The number of urea groups is 1. The molecule has 3 rings (SSSR count). The number of ether oxygens (including phenoxy) is 1. The largest absolute Gasteiger partial charge is 0.457 e. The van der Waals surface area contributed by atoms with Gasteiger partial charge in [0.15, 0.2) is 5.11 Å². The lowest BCUT2D eigenvalue weighted by atomic mass is 10.2. The van der Waals surface area contributed by atoms with Gasteiger partial charge in [0.05, 0.1) is 15.5 Å². The second kappa shape index (κ2) is 9.49. The first-order chi connectivity index (χ1) is 15.2. The Balaban J connectivity index is 1.71. The molecule has 0 radical (unpaired) electrons. The molecule has 3 aromatic rings. The lowest BCUT2D eigenvalue weighted by Crippen LogP contribution is -2.43. The summed E-state index contributed by atoms with van der Waals surface area (Å²) >= 11 is 5.25. The highest BCUT2D eigenvalue weighted by Gasteiger charge is 2.20. The zero-order valence-electron chi connectivity index (χ0n) is 16.2. The number of carbonyl (C=O) groups is 1. The van der Waals surface area contributed by atoms with E-state index < -0.39 is 15.9 Å². The molecule has 3 N–H and O–H groups in total. The summed E-state index contributed by atoms with van der Waals surface area (Å²) in [4.78, 5) is 33.5. The number of primary amides is 1. The molecular weight excluding hydrogens is 438 g/mol. The Bertz CT molecular complexity index is 1180. The molecule has 0 unspecified atom stereocenters. The van der Waals surface area contributed by atoms with Crippen molar-refractivity contribution in [2.75, 3.05) is 10.2 Å². The van der Waals surface area contributed by atoms with Gasteiger partial charge in [-0.3, -0.25) is 20.2 Å². The lowest BCUT2D eigenvalue weighted by molar-refractivity contribution is -0.385. The predicted molar refractivity (Wildman–Crippen MR) is 121 cm³/mol. The fourth-order valence-corrected chi connectivity index (χ4v) is 2.96. The van der Waals surface area contributed by atoms with E-state index in [2.05, 4.69) is 5.32 Å². The zero-order valence-corrected chi connectivity index (χ0v) is 17.0. The number of carbonyl (C=O) groups excluding carboxylic acids is 1. The Hall–Kier alpha value is -4.58. The molecule has 0 saturated carbocycles. The summed E-state index contributed by atoms with van der Waals surface area (Å²) in [7, 11) is 0. The Morgan fingerprint density at radius 2 is 1.47 bits per heavy atom. The number of nitro benzene ring substituents is 2. The van der Waals surface area contributed by atoms with Crippen LogP contribution in [0.2, 0.25) is 0 Å². The second-order valence-corrected chi connectivity index (χ2v) is 6.64. The van der Waals surface area contributed by atoms with E-state index in [0.717, 1.165) is 4.90 Å². The highest BCUT2D eigenvalue weighted by molar-refractivity contribution is 7.80. The monoisotopic (exact) mass is 453 g/mol. The maximum atomic E-state index is 11.9. The summed E-state index contributed by atoms with van der Waals surface area (Å²) in [5, 5.41) is 24.5. The molecule has 0 aliphatic carbocycles. The van der Waals surface area contributed by atoms with Crippen molar-refractivity contribution in [3.63, 3.8) is 0 Å². The fourth-order valence-electron chi connectivity index (χ4n) is 2.65. The number of amides is 2. The standard InChI is InChI=1S/C20H15N5O6S/c21-19(26)23(15-2-1-3-16(12-15)25(29)30)20(32)22-13-4-8-17(9-5-13)31-18-10-6-14(7-11-18)24(27)28/h1-12H,(H2,21,26)(H,22,32). The van der Waals surface area contributed by atoms with Crippen LogP contribution in [-0.2, 0) is 0 Å². The summed E-state index contributed by atoms with van der Waals surface area (Å²) in [6.07, 6.45) is 0. The van der Waals surface area contributed by atoms with Gasteiger partial charge in [-0.25, -0.2) is 9.69 Å². The van der Waals surface area contributed by atoms with Crippen LogP contribution < -0.4 is 20.7 Å². The minimum Gasteiger partial charge on any atom is -0.457 e. The van der Waals surface area contributed by atoms with Crippen LogP contribution in [0.1, 0.15) is 0 Å². The second-order valence-electron chi connectivity index (χ2n) is 6.26. The van der Waals surface area contributed by atoms with Crippen molar-refractivity contribution in [2.24, 2.45) is 5.73 Å². The van der Waals surface area contributed by atoms with Gasteiger partial charge in [-0.2, -0.15) is 0 Å². The van der Waals surface area contributed by atoms with Gasteiger partial charge < -0.3 is 15.8 Å². The number of hydrogen-bond donors (Lipinski definition) is 2. The van der Waals surface area contributed by atoms with Gasteiger partial charge in [0.25, 0.3) is 11.4 Å². The van der Waals surface area contributed by atoms with Gasteiger partial charge in [-0.1, -0.05) is 6.07 Å². The highest BCUT2D eigenvalue weighted by atomic mass is 32.1. The summed E-state index contributed by atoms with van der Waals surface area (Å²) in [6, 6.07) is 16.5. The maximum Gasteiger partial charge on any atom is 0.325 e. The van der Waals surface area contributed by atoms with E-state index in [-0.39, 0.29) is 22.2 Å². The molecule has 11 nitrogen and oxygen atoms in total. The van der Waals surface area contributed by atoms with Crippen molar-refractivity contribution in [2.45, 2.75) is 0 Å². The number of non-ortho nitro benzene ring substituents is 2. The Morgan fingerprint density at radius 3 is 2.00 bits per heavy atom. The summed E-state index contributed by atoms with van der Waals surface area (Å²) in [6.45, 7) is 0. The van der Waals surface area contributed by atoms with Gasteiger partial charge in [0.1, 0.15) is 11.5 Å². The van der Waals surface area contributed by atoms with Crippen molar-refractivity contribution < 1.29 is 19.4 Å². The third kappa shape index (κ3) is 5.31. The molecule has 3 aromatic carbocycles. The molecule has 0 aliphatic heterocycles. The van der Waals surface area contributed by atoms with Crippen molar-refractivity contribution in [1.82, 2.24) is 0 Å². The van der Waals surface area contributed by atoms with Crippen LogP contribution in [0.4, 0.5) is 27.5 Å². The van der Waals surface area contributed by atoms with E-state index in [9.17, 15) is 25.0 Å². The average molecular weight is 453 g/mol. The smallest absolute Gasteiger partial charge is 0.325 e. The Labute approximate surface area is 186 Å². The zero-order chi connectivity index (χ0) is 23.3. The number of benzene rings is 3. The molecule has 0 spiro atoms. The van der Waals surface area contributed by atoms with E-state index in [1.807, 2.05) is 0 Å². The van der Waals surface area contributed by atoms with E-state index in [0.29, 0.717) is 17.2 Å². The number of nitro groups is 2. The van der Waals surface area contributed by atoms with Gasteiger partial charge in [-0.05, 0) is 54.7 Å². The molecule has 0 atom stereocenters. The number of nitrogens with zero attached hydrogens (tertiary/aromatic N) is 3. The molecule has 0 fully saturated rings. The molecule has 0 bridgehead atoms. The van der Waals surface area contributed by atoms with E-state index in [1.165, 1.54) is 48.5 Å². The maximum absolute atomic E-state index is 11.9. The first-order valence-corrected chi connectivity index (χ1v) is 9.33. The van der Waals surface area contributed by atoms with Gasteiger partial charge in [0, 0.05) is 30.0 Å². The van der Waals surface area contributed by atoms with Crippen LogP contribution in [0.25, 0.3) is 0 Å². The van der Waals surface area contributed by atoms with Crippen LogP contribution in [0.15, 0.2) is 72.8 Å². The first-order valence-electron chi connectivity index (χ1n) is 8.92. The molecule has 12 heteroatoms. The number of nitrogens with one attached hydrogen (secondary N) is 1. The molecule has 2 amide bonds. The van der Waals surface area contributed by atoms with E-state index >= 15 is 0 Å². The minimum absolute atomic E-state index is 0.0480. The molecule has 0 aromatic heterocycles. The highest BCUT2D eigenvalue weighted by Crippen LogP contribution is 2.26. The predicted octanol–water partition coefficient (Wildman–Crippen LogP) is 4.58. The number of hydrogen-bond acceptors (Lipinski definition) is 7. The van der Waals surface area contributed by atoms with Crippen molar-refractivity contribution >= 4 is 46.1 Å². The van der Waals surface area contributed by atoms with Crippen molar-refractivity contribution in [3.05, 3.63) is 93.0 Å². The molecule has 32 heavy (non-hydrogen) atoms. The molecular formula is C20H15N5O6S. The van der Waals surface area contributed by atoms with Crippen LogP contribution in [0.3, 0.4) is 0 Å². The Morgan fingerprint density at radius 1 is 0.906 bits per heavy atom. The van der Waals surface area contributed by atoms with Gasteiger partial charge in [0.2, 0.25) is 0 Å². The number of thiocarbonyl (C=S) groups is 1. The van der Waals surface area contributed by atoms with Crippen LogP contribution in [0, 0.1) is 20.2 Å². The minimum atomic E-state index is -0.916. The number of nitrogens with two attached hydrogens (primary N) is 1. The third-order valence-corrected chi connectivity index (χ3v) is 4.40. The fraction of sp³-hybridized carbons (Fsp3) is 0. The third-order valence-electron chi connectivity index (χ3n) is 4.11. The van der Waals surface area contributed by atoms with E-state index in [4.69, 9.17) is 22.7 Å². The van der Waals surface area contributed by atoms with E-state index in [1.54, 1.807) is 24.3 Å². The van der Waals surface area contributed by atoms with Crippen molar-refractivity contribution in [1.29, 1.82) is 0 Å².